The summed E-state index contributed by atoms with van der Waals surface area (Å²) in [6.07, 6.45) is 0. The largest absolute Gasteiger partial charge is 0.508 e. The minimum Gasteiger partial charge on any atom is -0.508 e. The minimum atomic E-state index is -3.96. The quantitative estimate of drug-likeness (QED) is 0.755. The van der Waals surface area contributed by atoms with Gasteiger partial charge in [0.2, 0.25) is 0 Å². The number of oxazole rings is 1. The summed E-state index contributed by atoms with van der Waals surface area (Å²) in [7, 11) is 1.06. The van der Waals surface area contributed by atoms with Crippen molar-refractivity contribution in [1.82, 2.24) is 4.98 Å². The van der Waals surface area contributed by atoms with Crippen LogP contribution in [0.15, 0.2) is 27.8 Å². The van der Waals surface area contributed by atoms with E-state index < -0.39 is 14.3 Å². The Kier molecular flexibility index (Phi) is 1.90. The number of hydrogen-bond donors (Lipinski definition) is 1. The molecule has 1 aromatic heterocycles. The second-order valence-electron chi connectivity index (χ2n) is 2.57. The van der Waals surface area contributed by atoms with Crippen LogP contribution in [-0.4, -0.2) is 18.5 Å². The SMILES string of the molecule is O=S(=O)(Cl)c1nc2ccc(O)cc2o1. The summed E-state index contributed by atoms with van der Waals surface area (Å²) in [6, 6.07) is 4.06. The fourth-order valence-electron chi connectivity index (χ4n) is 0.996. The molecule has 0 atom stereocenters. The van der Waals surface area contributed by atoms with Crippen molar-refractivity contribution in [2.45, 2.75) is 5.22 Å². The van der Waals surface area contributed by atoms with Crippen LogP contribution in [0.2, 0.25) is 0 Å². The molecule has 0 saturated carbocycles. The molecule has 1 N–H and O–H groups in total. The van der Waals surface area contributed by atoms with E-state index >= 15 is 0 Å². The van der Waals surface area contributed by atoms with Gasteiger partial charge in [0, 0.05) is 16.7 Å². The summed E-state index contributed by atoms with van der Waals surface area (Å²) in [6.45, 7) is 0. The van der Waals surface area contributed by atoms with Crippen LogP contribution < -0.4 is 0 Å². The van der Waals surface area contributed by atoms with Gasteiger partial charge in [-0.25, -0.2) is 8.42 Å². The average molecular weight is 234 g/mol. The molecular weight excluding hydrogens is 230 g/mol. The maximum Gasteiger partial charge on any atom is 0.332 e. The van der Waals surface area contributed by atoms with E-state index in [1.807, 2.05) is 0 Å². The maximum absolute atomic E-state index is 10.8. The van der Waals surface area contributed by atoms with Crippen LogP contribution in [0, 0.1) is 0 Å². The van der Waals surface area contributed by atoms with Gasteiger partial charge in [-0.3, -0.25) is 0 Å². The molecule has 0 aliphatic heterocycles. The van der Waals surface area contributed by atoms with E-state index in [1.165, 1.54) is 18.2 Å². The molecule has 0 radical (unpaired) electrons. The van der Waals surface area contributed by atoms with E-state index in [0.29, 0.717) is 5.52 Å². The normalized spacial score (nSPS) is 12.1. The zero-order chi connectivity index (χ0) is 10.3. The molecule has 0 bridgehead atoms. The Labute approximate surface area is 83.4 Å². The summed E-state index contributed by atoms with van der Waals surface area (Å²) < 4.78 is 26.5. The van der Waals surface area contributed by atoms with Crippen molar-refractivity contribution in [3.8, 4) is 5.75 Å². The third-order valence-corrected chi connectivity index (χ3v) is 2.55. The van der Waals surface area contributed by atoms with Crippen LogP contribution in [0.1, 0.15) is 0 Å². The van der Waals surface area contributed by atoms with Gasteiger partial charge in [-0.15, -0.1) is 0 Å². The summed E-state index contributed by atoms with van der Waals surface area (Å²) in [5.74, 6) is -0.0350. The van der Waals surface area contributed by atoms with Crippen LogP contribution in [0.3, 0.4) is 0 Å². The Hall–Kier alpha value is -1.27. The molecule has 14 heavy (non-hydrogen) atoms. The van der Waals surface area contributed by atoms with E-state index in [4.69, 9.17) is 20.2 Å². The van der Waals surface area contributed by atoms with Gasteiger partial charge in [0.1, 0.15) is 11.3 Å². The number of hydrogen-bond acceptors (Lipinski definition) is 5. The zero-order valence-electron chi connectivity index (χ0n) is 6.64. The average Bonchev–Trinajstić information content (AvgIpc) is 2.45. The lowest BCUT2D eigenvalue weighted by atomic mass is 10.3. The van der Waals surface area contributed by atoms with E-state index in [1.54, 1.807) is 0 Å². The molecular formula is C7H4ClNO4S. The number of phenols is 1. The van der Waals surface area contributed by atoms with Crippen molar-refractivity contribution in [3.05, 3.63) is 18.2 Å². The standard InChI is InChI=1S/C7H4ClNO4S/c8-14(11,12)7-9-5-2-1-4(10)3-6(5)13-7/h1-3,10H. The molecule has 0 amide bonds. The van der Waals surface area contributed by atoms with Crippen LogP contribution >= 0.6 is 10.7 Å². The van der Waals surface area contributed by atoms with Crippen molar-refractivity contribution < 1.29 is 17.9 Å². The predicted molar refractivity (Wildman–Crippen MR) is 48.7 cm³/mol. The lowest BCUT2D eigenvalue weighted by molar-refractivity contribution is 0.456. The highest BCUT2D eigenvalue weighted by Gasteiger charge is 2.18. The number of aromatic hydroxyl groups is 1. The fraction of sp³-hybridized carbons (Fsp3) is 0. The number of phenolic OH excluding ortho intramolecular Hbond substituents is 1. The lowest BCUT2D eigenvalue weighted by Crippen LogP contribution is -1.88. The number of benzene rings is 1. The third kappa shape index (κ3) is 1.53. The fourth-order valence-corrected chi connectivity index (χ4v) is 1.59. The van der Waals surface area contributed by atoms with Crippen molar-refractivity contribution >= 4 is 30.8 Å². The Morgan fingerprint density at radius 3 is 2.79 bits per heavy atom. The molecule has 0 fully saturated rings. The molecule has 0 aliphatic carbocycles. The lowest BCUT2D eigenvalue weighted by Gasteiger charge is -1.87. The monoisotopic (exact) mass is 233 g/mol. The number of aromatic nitrogens is 1. The second kappa shape index (κ2) is 2.86. The van der Waals surface area contributed by atoms with Gasteiger partial charge in [0.25, 0.3) is 0 Å². The topological polar surface area (TPSA) is 80.4 Å². The van der Waals surface area contributed by atoms with E-state index in [0.717, 1.165) is 0 Å². The third-order valence-electron chi connectivity index (χ3n) is 1.56. The van der Waals surface area contributed by atoms with Gasteiger partial charge in [-0.05, 0) is 12.1 Å². The van der Waals surface area contributed by atoms with Crippen LogP contribution in [0.5, 0.6) is 5.75 Å². The van der Waals surface area contributed by atoms with E-state index in [9.17, 15) is 8.42 Å². The van der Waals surface area contributed by atoms with Gasteiger partial charge in [-0.2, -0.15) is 4.98 Å². The molecule has 7 heteroatoms. The molecule has 0 aliphatic rings. The first-order chi connectivity index (χ1) is 6.47. The van der Waals surface area contributed by atoms with Gasteiger partial charge in [0.15, 0.2) is 5.58 Å². The second-order valence-corrected chi connectivity index (χ2v) is 5.01. The van der Waals surface area contributed by atoms with Crippen molar-refractivity contribution in [2.75, 3.05) is 0 Å². The van der Waals surface area contributed by atoms with Gasteiger partial charge in [0.05, 0.1) is 0 Å². The molecule has 0 spiro atoms. The summed E-state index contributed by atoms with van der Waals surface area (Å²) in [5, 5.41) is 8.50. The molecule has 2 rings (SSSR count). The number of fused-ring (bicyclic) bond motifs is 1. The smallest absolute Gasteiger partial charge is 0.332 e. The Morgan fingerprint density at radius 1 is 1.43 bits per heavy atom. The molecule has 1 heterocycles. The summed E-state index contributed by atoms with van der Waals surface area (Å²) in [5.41, 5.74) is 0.492. The van der Waals surface area contributed by atoms with Crippen LogP contribution in [0.4, 0.5) is 0 Å². The molecule has 0 saturated heterocycles. The Bertz CT molecular complexity index is 589. The van der Waals surface area contributed by atoms with E-state index in [2.05, 4.69) is 4.98 Å². The Morgan fingerprint density at radius 2 is 2.14 bits per heavy atom. The van der Waals surface area contributed by atoms with Crippen molar-refractivity contribution in [3.63, 3.8) is 0 Å². The van der Waals surface area contributed by atoms with Crippen molar-refractivity contribution in [2.24, 2.45) is 0 Å². The molecule has 2 aromatic rings. The highest BCUT2D eigenvalue weighted by Crippen LogP contribution is 2.24. The van der Waals surface area contributed by atoms with E-state index in [-0.39, 0.29) is 11.3 Å². The van der Waals surface area contributed by atoms with Gasteiger partial charge >= 0.3 is 14.3 Å². The first-order valence-corrected chi connectivity index (χ1v) is 5.82. The predicted octanol–water partition coefficient (Wildman–Crippen LogP) is 1.46. The maximum atomic E-state index is 10.8. The number of nitrogens with zero attached hydrogens (tertiary/aromatic N) is 1. The molecule has 5 nitrogen and oxygen atoms in total. The number of halogens is 1. The van der Waals surface area contributed by atoms with Crippen molar-refractivity contribution in [1.29, 1.82) is 0 Å². The van der Waals surface area contributed by atoms with Gasteiger partial charge in [-0.1, -0.05) is 0 Å². The summed E-state index contributed by atoms with van der Waals surface area (Å²) in [4.78, 5) is 3.63. The van der Waals surface area contributed by atoms with Crippen LogP contribution in [0.25, 0.3) is 11.1 Å². The molecule has 1 aromatic carbocycles. The number of rotatable bonds is 1. The minimum absolute atomic E-state index is 0.0350. The van der Waals surface area contributed by atoms with Gasteiger partial charge < -0.3 is 9.52 Å². The highest BCUT2D eigenvalue weighted by molar-refractivity contribution is 8.13. The molecule has 0 unspecified atom stereocenters. The first-order valence-electron chi connectivity index (χ1n) is 3.51. The zero-order valence-corrected chi connectivity index (χ0v) is 8.21. The van der Waals surface area contributed by atoms with Crippen LogP contribution in [-0.2, 0) is 9.05 Å². The highest BCUT2D eigenvalue weighted by atomic mass is 35.7. The first kappa shape index (κ1) is 9.29. The Balaban J connectivity index is 2.75. The molecule has 74 valence electrons. The summed E-state index contributed by atoms with van der Waals surface area (Å²) >= 11 is 0.